The Morgan fingerprint density at radius 3 is 2.68 bits per heavy atom. The Balaban J connectivity index is 2.32. The number of aromatic amines is 1. The smallest absolute Gasteiger partial charge is 0.148 e. The number of halogens is 1. The fraction of sp³-hybridized carbons (Fsp3) is 0.125. The van der Waals surface area contributed by atoms with Crippen LogP contribution in [0.25, 0.3) is 0 Å². The van der Waals surface area contributed by atoms with Gasteiger partial charge >= 0.3 is 0 Å². The Labute approximate surface area is 143 Å². The maximum atomic E-state index is 13.6. The van der Waals surface area contributed by atoms with Gasteiger partial charge in [-0.05, 0) is 31.2 Å². The highest BCUT2D eigenvalue weighted by molar-refractivity contribution is 6.34. The van der Waals surface area contributed by atoms with Crippen LogP contribution in [0.3, 0.4) is 0 Å². The number of hydrazone groups is 1. The molecule has 0 radical (unpaired) electrons. The van der Waals surface area contributed by atoms with Gasteiger partial charge in [-0.25, -0.2) is 9.38 Å². The molecule has 1 aromatic heterocycles. The number of nitrogens with one attached hydrogen (secondary N) is 2. The number of nitrogens with zero attached hydrogens (tertiary/aromatic N) is 3. The Hall–Kier alpha value is -3.33. The topological polar surface area (TPSA) is 149 Å². The van der Waals surface area contributed by atoms with Crippen molar-refractivity contribution in [3.05, 3.63) is 53.6 Å². The highest BCUT2D eigenvalue weighted by Crippen LogP contribution is 2.22. The second kappa shape index (κ2) is 7.49. The molecule has 1 unspecified atom stereocenters. The highest BCUT2D eigenvalue weighted by Gasteiger charge is 2.31. The number of benzene rings is 1. The number of hydrogen-bond acceptors (Lipinski definition) is 5. The van der Waals surface area contributed by atoms with E-state index in [9.17, 15) is 9.50 Å². The van der Waals surface area contributed by atoms with E-state index in [-0.39, 0.29) is 17.2 Å². The van der Waals surface area contributed by atoms with E-state index in [1.165, 1.54) is 25.3 Å². The summed E-state index contributed by atoms with van der Waals surface area (Å²) in [6.45, 7) is 1.45. The van der Waals surface area contributed by atoms with Crippen LogP contribution in [-0.2, 0) is 5.60 Å². The zero-order valence-electron chi connectivity index (χ0n) is 13.4. The number of rotatable bonds is 6. The molecular formula is C16H18FN7O. The van der Waals surface area contributed by atoms with Gasteiger partial charge in [0.15, 0.2) is 0 Å². The molecule has 130 valence electrons. The van der Waals surface area contributed by atoms with Crippen molar-refractivity contribution in [3.63, 3.8) is 0 Å². The molecule has 0 aliphatic heterocycles. The van der Waals surface area contributed by atoms with Crippen molar-refractivity contribution in [1.82, 2.24) is 4.98 Å². The summed E-state index contributed by atoms with van der Waals surface area (Å²) in [5.41, 5.74) is 4.90. The Kier molecular flexibility index (Phi) is 5.40. The molecule has 2 rings (SSSR count). The minimum Gasteiger partial charge on any atom is -0.382 e. The van der Waals surface area contributed by atoms with E-state index >= 15 is 0 Å². The largest absolute Gasteiger partial charge is 0.382 e. The van der Waals surface area contributed by atoms with Gasteiger partial charge in [-0.2, -0.15) is 5.10 Å². The monoisotopic (exact) mass is 343 g/mol. The number of nitrogens with two attached hydrogens (primary N) is 2. The lowest BCUT2D eigenvalue weighted by molar-refractivity contribution is 0.131. The molecule has 7 N–H and O–H groups in total. The van der Waals surface area contributed by atoms with Gasteiger partial charge in [0.25, 0.3) is 0 Å². The molecular weight excluding hydrogens is 325 g/mol. The van der Waals surface area contributed by atoms with Crippen molar-refractivity contribution in [2.24, 2.45) is 26.7 Å². The lowest BCUT2D eigenvalue weighted by Gasteiger charge is -2.21. The zero-order chi connectivity index (χ0) is 18.4. The molecule has 25 heavy (non-hydrogen) atoms. The van der Waals surface area contributed by atoms with Gasteiger partial charge in [-0.15, -0.1) is 0 Å². The van der Waals surface area contributed by atoms with Gasteiger partial charge in [-0.1, -0.05) is 12.1 Å². The van der Waals surface area contributed by atoms with Crippen LogP contribution in [0.1, 0.15) is 18.3 Å². The van der Waals surface area contributed by atoms with Crippen LogP contribution in [0.4, 0.5) is 10.1 Å². The summed E-state index contributed by atoms with van der Waals surface area (Å²) in [5.74, 6) is 4.94. The molecule has 2 aromatic rings. The maximum Gasteiger partial charge on any atom is 0.148 e. The number of H-pyrrole nitrogens is 1. The highest BCUT2D eigenvalue weighted by atomic mass is 19.1. The van der Waals surface area contributed by atoms with E-state index in [1.54, 1.807) is 24.3 Å². The van der Waals surface area contributed by atoms with E-state index in [2.05, 4.69) is 20.1 Å². The second-order valence-electron chi connectivity index (χ2n) is 5.23. The normalized spacial score (nSPS) is 15.3. The van der Waals surface area contributed by atoms with Gasteiger partial charge in [0, 0.05) is 0 Å². The van der Waals surface area contributed by atoms with Crippen LogP contribution in [0.5, 0.6) is 0 Å². The van der Waals surface area contributed by atoms with Crippen molar-refractivity contribution < 1.29 is 9.50 Å². The average molecular weight is 343 g/mol. The first-order chi connectivity index (χ1) is 11.9. The molecule has 0 amide bonds. The molecule has 1 aromatic carbocycles. The average Bonchev–Trinajstić information content (AvgIpc) is 3.08. The first-order valence-corrected chi connectivity index (χ1v) is 7.21. The minimum absolute atomic E-state index is 0.00622. The fourth-order valence-electron chi connectivity index (χ4n) is 2.08. The maximum absolute atomic E-state index is 13.6. The number of hydrogen-bond donors (Lipinski definition) is 5. The third-order valence-electron chi connectivity index (χ3n) is 3.51. The third kappa shape index (κ3) is 3.96. The molecule has 9 heteroatoms. The van der Waals surface area contributed by atoms with Gasteiger partial charge in [-0.3, -0.25) is 10.4 Å². The van der Waals surface area contributed by atoms with Gasteiger partial charge < -0.3 is 21.7 Å². The zero-order valence-corrected chi connectivity index (χ0v) is 13.4. The first-order valence-electron chi connectivity index (χ1n) is 7.21. The van der Waals surface area contributed by atoms with Crippen molar-refractivity contribution in [1.29, 1.82) is 5.41 Å². The van der Waals surface area contributed by atoms with Crippen molar-refractivity contribution in [2.75, 3.05) is 0 Å². The predicted octanol–water partition coefficient (Wildman–Crippen LogP) is 1.39. The van der Waals surface area contributed by atoms with Crippen molar-refractivity contribution in [2.45, 2.75) is 12.5 Å². The lowest BCUT2D eigenvalue weighted by Crippen LogP contribution is -2.35. The molecule has 0 fully saturated rings. The SMILES string of the molecule is CC(O)(C(C=Nc1ccccc1F)=NN)c1ccc(C(N)=NC=N)[nH]1. The lowest BCUT2D eigenvalue weighted by atomic mass is 9.97. The minimum atomic E-state index is -1.63. The summed E-state index contributed by atoms with van der Waals surface area (Å²) < 4.78 is 13.6. The summed E-state index contributed by atoms with van der Waals surface area (Å²) in [7, 11) is 0. The second-order valence-corrected chi connectivity index (χ2v) is 5.23. The molecule has 0 spiro atoms. The van der Waals surface area contributed by atoms with Gasteiger partial charge in [0.2, 0.25) is 0 Å². The Bertz CT molecular complexity index is 852. The molecule has 8 nitrogen and oxygen atoms in total. The Morgan fingerprint density at radius 2 is 2.04 bits per heavy atom. The summed E-state index contributed by atoms with van der Waals surface area (Å²) in [5, 5.41) is 21.2. The molecule has 0 saturated heterocycles. The molecule has 0 saturated carbocycles. The van der Waals surface area contributed by atoms with Crippen LogP contribution < -0.4 is 11.6 Å². The quantitative estimate of drug-likeness (QED) is 0.233. The predicted molar refractivity (Wildman–Crippen MR) is 96.0 cm³/mol. The summed E-state index contributed by atoms with van der Waals surface area (Å²) in [6.07, 6.45) is 2.00. The van der Waals surface area contributed by atoms with Gasteiger partial charge in [0.05, 0.1) is 23.3 Å². The molecule has 1 heterocycles. The van der Waals surface area contributed by atoms with Crippen LogP contribution in [-0.4, -0.2) is 34.2 Å². The molecule has 0 aliphatic carbocycles. The standard InChI is InChI=1S/C16H18FN7O/c1-16(25,13-7-6-12(23-13)15(19)22-9-18)14(24-20)8-21-11-5-3-2-4-10(11)17/h2-9,23,25H,20H2,1H3,(H3,18,19,22). The Morgan fingerprint density at radius 1 is 1.32 bits per heavy atom. The molecule has 0 bridgehead atoms. The van der Waals surface area contributed by atoms with Crippen LogP contribution in [0, 0.1) is 11.2 Å². The van der Waals surface area contributed by atoms with E-state index in [4.69, 9.17) is 17.0 Å². The van der Waals surface area contributed by atoms with Gasteiger partial charge in [0.1, 0.15) is 29.3 Å². The van der Waals surface area contributed by atoms with E-state index in [0.717, 1.165) is 6.34 Å². The van der Waals surface area contributed by atoms with Crippen LogP contribution >= 0.6 is 0 Å². The number of aliphatic hydroxyl groups is 1. The summed E-state index contributed by atoms with van der Waals surface area (Å²) in [6, 6.07) is 9.10. The molecule has 1 atom stereocenters. The number of aromatic nitrogens is 1. The van der Waals surface area contributed by atoms with E-state index in [0.29, 0.717) is 11.4 Å². The summed E-state index contributed by atoms with van der Waals surface area (Å²) in [4.78, 5) is 10.5. The third-order valence-corrected chi connectivity index (χ3v) is 3.51. The van der Waals surface area contributed by atoms with Crippen LogP contribution in [0.2, 0.25) is 0 Å². The van der Waals surface area contributed by atoms with Crippen molar-refractivity contribution in [3.8, 4) is 0 Å². The first kappa shape index (κ1) is 18.0. The van der Waals surface area contributed by atoms with E-state index < -0.39 is 11.4 Å². The molecule has 0 aliphatic rings. The summed E-state index contributed by atoms with van der Waals surface area (Å²) >= 11 is 0. The fourth-order valence-corrected chi connectivity index (χ4v) is 2.08. The van der Waals surface area contributed by atoms with Crippen molar-refractivity contribution >= 4 is 29.8 Å². The number of amidine groups is 1. The number of para-hydroxylation sites is 1. The van der Waals surface area contributed by atoms with E-state index in [1.807, 2.05) is 0 Å². The number of aliphatic imine (C=N–C) groups is 2. The van der Waals surface area contributed by atoms with Crippen LogP contribution in [0.15, 0.2) is 51.5 Å².